The van der Waals surface area contributed by atoms with E-state index in [1.54, 1.807) is 7.11 Å². The average molecular weight is 368 g/mol. The van der Waals surface area contributed by atoms with Gasteiger partial charge in [0, 0.05) is 52.5 Å². The van der Waals surface area contributed by atoms with Crippen molar-refractivity contribution in [3.8, 4) is 0 Å². The SMILES string of the molecule is COCCCNC(=NCc1nnc(C)n1C)NCCN(C(C)C)C(C)C. The average Bonchev–Trinajstić information content (AvgIpc) is 2.90. The Labute approximate surface area is 158 Å². The Morgan fingerprint density at radius 3 is 2.35 bits per heavy atom. The zero-order chi connectivity index (χ0) is 19.5. The van der Waals surface area contributed by atoms with E-state index in [2.05, 4.69) is 58.4 Å². The number of aromatic nitrogens is 3. The molecule has 1 rings (SSSR count). The third kappa shape index (κ3) is 7.70. The zero-order valence-corrected chi connectivity index (χ0v) is 17.5. The molecule has 0 atom stereocenters. The lowest BCUT2D eigenvalue weighted by atomic mass is 10.2. The number of hydrogen-bond donors (Lipinski definition) is 2. The molecular weight excluding hydrogens is 330 g/mol. The summed E-state index contributed by atoms with van der Waals surface area (Å²) in [6.07, 6.45) is 0.935. The van der Waals surface area contributed by atoms with Gasteiger partial charge in [-0.3, -0.25) is 4.90 Å². The Morgan fingerprint density at radius 2 is 1.81 bits per heavy atom. The first-order valence-corrected chi connectivity index (χ1v) is 9.48. The molecule has 2 N–H and O–H groups in total. The smallest absolute Gasteiger partial charge is 0.191 e. The first-order chi connectivity index (χ1) is 12.4. The number of nitrogens with zero attached hydrogens (tertiary/aromatic N) is 5. The van der Waals surface area contributed by atoms with Crippen LogP contribution in [0.15, 0.2) is 4.99 Å². The van der Waals surface area contributed by atoms with E-state index >= 15 is 0 Å². The second kappa shape index (κ2) is 11.9. The molecule has 0 bridgehead atoms. The third-order valence-electron chi connectivity index (χ3n) is 4.37. The number of rotatable bonds is 11. The quantitative estimate of drug-likeness (QED) is 0.349. The molecule has 0 aliphatic rings. The number of ether oxygens (including phenoxy) is 1. The molecule has 1 aromatic rings. The minimum absolute atomic E-state index is 0.495. The molecule has 150 valence electrons. The molecule has 1 heterocycles. The van der Waals surface area contributed by atoms with Gasteiger partial charge in [-0.25, -0.2) is 4.99 Å². The molecule has 0 unspecified atom stereocenters. The van der Waals surface area contributed by atoms with Crippen LogP contribution in [-0.4, -0.2) is 71.1 Å². The number of aryl methyl sites for hydroxylation is 1. The van der Waals surface area contributed by atoms with Crippen LogP contribution in [0.2, 0.25) is 0 Å². The van der Waals surface area contributed by atoms with Crippen molar-refractivity contribution in [3.63, 3.8) is 0 Å². The van der Waals surface area contributed by atoms with Crippen LogP contribution >= 0.6 is 0 Å². The number of nitrogens with one attached hydrogen (secondary N) is 2. The molecular formula is C18H37N7O. The Balaban J connectivity index is 2.62. The van der Waals surface area contributed by atoms with Crippen LogP contribution < -0.4 is 10.6 Å². The summed E-state index contributed by atoms with van der Waals surface area (Å²) >= 11 is 0. The van der Waals surface area contributed by atoms with Crippen molar-refractivity contribution in [3.05, 3.63) is 11.6 Å². The fraction of sp³-hybridized carbons (Fsp3) is 0.833. The molecule has 26 heavy (non-hydrogen) atoms. The van der Waals surface area contributed by atoms with Gasteiger partial charge in [-0.1, -0.05) is 0 Å². The van der Waals surface area contributed by atoms with Crippen molar-refractivity contribution in [2.75, 3.05) is 33.4 Å². The summed E-state index contributed by atoms with van der Waals surface area (Å²) in [5.74, 6) is 2.54. The van der Waals surface area contributed by atoms with Crippen molar-refractivity contribution < 1.29 is 4.74 Å². The summed E-state index contributed by atoms with van der Waals surface area (Å²) in [5.41, 5.74) is 0. The molecule has 8 heteroatoms. The normalized spacial score (nSPS) is 12.5. The topological polar surface area (TPSA) is 79.6 Å². The summed E-state index contributed by atoms with van der Waals surface area (Å²) in [5, 5.41) is 15.1. The summed E-state index contributed by atoms with van der Waals surface area (Å²) in [4.78, 5) is 7.12. The summed E-state index contributed by atoms with van der Waals surface area (Å²) < 4.78 is 7.07. The molecule has 0 spiro atoms. The minimum atomic E-state index is 0.495. The number of aliphatic imine (C=N–C) groups is 1. The number of guanidine groups is 1. The monoisotopic (exact) mass is 367 g/mol. The molecule has 0 saturated heterocycles. The molecule has 1 aromatic heterocycles. The second-order valence-electron chi connectivity index (χ2n) is 7.01. The summed E-state index contributed by atoms with van der Waals surface area (Å²) in [6, 6.07) is 1.04. The van der Waals surface area contributed by atoms with Gasteiger partial charge < -0.3 is 19.9 Å². The van der Waals surface area contributed by atoms with E-state index in [0.717, 1.165) is 50.3 Å². The van der Waals surface area contributed by atoms with Crippen LogP contribution in [0.4, 0.5) is 0 Å². The van der Waals surface area contributed by atoms with Crippen molar-refractivity contribution >= 4 is 5.96 Å². The Hall–Kier alpha value is -1.67. The first-order valence-electron chi connectivity index (χ1n) is 9.48. The highest BCUT2D eigenvalue weighted by Crippen LogP contribution is 2.03. The maximum atomic E-state index is 5.11. The van der Waals surface area contributed by atoms with Gasteiger partial charge in [0.2, 0.25) is 0 Å². The van der Waals surface area contributed by atoms with E-state index in [1.165, 1.54) is 0 Å². The standard InChI is InChI=1S/C18H37N7O/c1-14(2)25(15(3)4)11-10-20-18(19-9-8-12-26-7)21-13-17-23-22-16(5)24(17)6/h14-15H,8-13H2,1-7H3,(H2,19,20,21). The highest BCUT2D eigenvalue weighted by Gasteiger charge is 2.13. The maximum Gasteiger partial charge on any atom is 0.191 e. The van der Waals surface area contributed by atoms with Crippen LogP contribution in [-0.2, 0) is 18.3 Å². The number of methoxy groups -OCH3 is 1. The molecule has 0 aliphatic carbocycles. The highest BCUT2D eigenvalue weighted by atomic mass is 16.5. The lowest BCUT2D eigenvalue weighted by Gasteiger charge is -2.30. The van der Waals surface area contributed by atoms with Gasteiger partial charge in [-0.05, 0) is 41.0 Å². The lowest BCUT2D eigenvalue weighted by Crippen LogP contribution is -2.45. The minimum Gasteiger partial charge on any atom is -0.385 e. The molecule has 0 fully saturated rings. The summed E-state index contributed by atoms with van der Waals surface area (Å²) in [6.45, 7) is 14.7. The van der Waals surface area contributed by atoms with Gasteiger partial charge >= 0.3 is 0 Å². The van der Waals surface area contributed by atoms with E-state index in [0.29, 0.717) is 18.6 Å². The van der Waals surface area contributed by atoms with Gasteiger partial charge in [0.15, 0.2) is 11.8 Å². The summed E-state index contributed by atoms with van der Waals surface area (Å²) in [7, 11) is 3.68. The maximum absolute atomic E-state index is 5.11. The van der Waals surface area contributed by atoms with Crippen molar-refractivity contribution in [1.29, 1.82) is 0 Å². The Morgan fingerprint density at radius 1 is 1.15 bits per heavy atom. The van der Waals surface area contributed by atoms with E-state index in [1.807, 2.05) is 18.5 Å². The number of hydrogen-bond acceptors (Lipinski definition) is 5. The van der Waals surface area contributed by atoms with Gasteiger partial charge in [0.1, 0.15) is 12.4 Å². The molecule has 0 radical (unpaired) electrons. The van der Waals surface area contributed by atoms with Crippen LogP contribution in [0.25, 0.3) is 0 Å². The predicted octanol–water partition coefficient (Wildman–Crippen LogP) is 1.31. The molecule has 8 nitrogen and oxygen atoms in total. The Kier molecular flexibility index (Phi) is 10.2. The highest BCUT2D eigenvalue weighted by molar-refractivity contribution is 5.79. The van der Waals surface area contributed by atoms with Crippen LogP contribution in [0.1, 0.15) is 45.8 Å². The van der Waals surface area contributed by atoms with E-state index < -0.39 is 0 Å². The second-order valence-corrected chi connectivity index (χ2v) is 7.01. The van der Waals surface area contributed by atoms with E-state index in [4.69, 9.17) is 4.74 Å². The molecule has 0 saturated carbocycles. The molecule has 0 aliphatic heterocycles. The van der Waals surface area contributed by atoms with Crippen molar-refractivity contribution in [2.24, 2.45) is 12.0 Å². The lowest BCUT2D eigenvalue weighted by molar-refractivity contribution is 0.178. The van der Waals surface area contributed by atoms with Crippen molar-refractivity contribution in [2.45, 2.75) is 59.7 Å². The van der Waals surface area contributed by atoms with Crippen LogP contribution in [0.5, 0.6) is 0 Å². The largest absolute Gasteiger partial charge is 0.385 e. The van der Waals surface area contributed by atoms with Crippen molar-refractivity contribution in [1.82, 2.24) is 30.3 Å². The van der Waals surface area contributed by atoms with Crippen LogP contribution in [0, 0.1) is 6.92 Å². The molecule has 0 amide bonds. The van der Waals surface area contributed by atoms with Crippen LogP contribution in [0.3, 0.4) is 0 Å². The van der Waals surface area contributed by atoms with E-state index in [-0.39, 0.29) is 0 Å². The van der Waals surface area contributed by atoms with Gasteiger partial charge in [0.25, 0.3) is 0 Å². The predicted molar refractivity (Wildman–Crippen MR) is 106 cm³/mol. The fourth-order valence-electron chi connectivity index (χ4n) is 2.75. The van der Waals surface area contributed by atoms with E-state index in [9.17, 15) is 0 Å². The van der Waals surface area contributed by atoms with Gasteiger partial charge in [-0.15, -0.1) is 10.2 Å². The molecule has 0 aromatic carbocycles. The third-order valence-corrected chi connectivity index (χ3v) is 4.37. The fourth-order valence-corrected chi connectivity index (χ4v) is 2.75. The zero-order valence-electron chi connectivity index (χ0n) is 17.5. The first kappa shape index (κ1) is 22.4. The Bertz CT molecular complexity index is 532. The van der Waals surface area contributed by atoms with Gasteiger partial charge in [0.05, 0.1) is 0 Å². The van der Waals surface area contributed by atoms with Gasteiger partial charge in [-0.2, -0.15) is 0 Å².